The maximum absolute atomic E-state index is 13.3. The third-order valence-electron chi connectivity index (χ3n) is 7.96. The van der Waals surface area contributed by atoms with Crippen molar-refractivity contribution in [3.8, 4) is 11.6 Å². The molecule has 2 aliphatic heterocycles. The summed E-state index contributed by atoms with van der Waals surface area (Å²) in [7, 11) is -3.29. The lowest BCUT2D eigenvalue weighted by Crippen LogP contribution is -2.42. The Morgan fingerprint density at radius 1 is 1.02 bits per heavy atom. The van der Waals surface area contributed by atoms with Crippen molar-refractivity contribution in [2.24, 2.45) is 0 Å². The Morgan fingerprint density at radius 2 is 1.80 bits per heavy atom. The second-order valence-electron chi connectivity index (χ2n) is 10.9. The number of fused-ring (bicyclic) bond motifs is 1. The van der Waals surface area contributed by atoms with Crippen LogP contribution in [-0.2, 0) is 16.4 Å². The molecular formula is C29H33N7O4S. The van der Waals surface area contributed by atoms with Gasteiger partial charge in [0.15, 0.2) is 15.5 Å². The third-order valence-corrected chi connectivity index (χ3v) is 9.09. The third kappa shape index (κ3) is 5.80. The Labute approximate surface area is 239 Å². The SMILES string of the molecule is CC1CCCN1Cc1cncc(C(=O)N2CCC(Oc3ncnc4c3cnn4-c3ccc(S(C)(=O)=O)cc3)CC2)c1. The highest BCUT2D eigenvalue weighted by molar-refractivity contribution is 7.90. The molecule has 1 amide bonds. The van der Waals surface area contributed by atoms with Crippen molar-refractivity contribution in [3.05, 3.63) is 66.4 Å². The molecule has 5 heterocycles. The van der Waals surface area contributed by atoms with Crippen LogP contribution in [0.15, 0.2) is 60.1 Å². The van der Waals surface area contributed by atoms with Crippen molar-refractivity contribution < 1.29 is 17.9 Å². The van der Waals surface area contributed by atoms with Crippen LogP contribution in [0.5, 0.6) is 5.88 Å². The minimum Gasteiger partial charge on any atom is -0.474 e. The van der Waals surface area contributed by atoms with Crippen LogP contribution in [0.25, 0.3) is 16.7 Å². The van der Waals surface area contributed by atoms with Crippen molar-refractivity contribution >= 4 is 26.8 Å². The van der Waals surface area contributed by atoms with Crippen molar-refractivity contribution in [3.63, 3.8) is 0 Å². The van der Waals surface area contributed by atoms with Gasteiger partial charge in [0.1, 0.15) is 17.8 Å². The van der Waals surface area contributed by atoms with Crippen LogP contribution in [0.3, 0.4) is 0 Å². The lowest BCUT2D eigenvalue weighted by Gasteiger charge is -2.32. The number of ether oxygens (including phenoxy) is 1. The van der Waals surface area contributed by atoms with E-state index in [9.17, 15) is 13.2 Å². The van der Waals surface area contributed by atoms with E-state index in [2.05, 4.69) is 31.9 Å². The van der Waals surface area contributed by atoms with Gasteiger partial charge < -0.3 is 9.64 Å². The molecule has 0 bridgehead atoms. The average molecular weight is 576 g/mol. The zero-order valence-corrected chi connectivity index (χ0v) is 24.0. The standard InChI is InChI=1S/C29H33N7O4S/c1-20-4-3-11-35(20)18-21-14-22(16-30-15-21)29(37)34-12-9-24(10-13-34)40-28-26-17-33-36(27(26)31-19-32-28)23-5-7-25(8-6-23)41(2,38)39/h5-8,14-17,19-20,24H,3-4,9-13,18H2,1-2H3. The van der Waals surface area contributed by atoms with Crippen molar-refractivity contribution in [2.45, 2.75) is 56.2 Å². The van der Waals surface area contributed by atoms with Gasteiger partial charge in [-0.1, -0.05) is 0 Å². The van der Waals surface area contributed by atoms with Crippen LogP contribution in [0, 0.1) is 0 Å². The van der Waals surface area contributed by atoms with E-state index in [4.69, 9.17) is 4.74 Å². The van der Waals surface area contributed by atoms with Crippen LogP contribution in [-0.4, -0.2) is 86.9 Å². The zero-order valence-electron chi connectivity index (χ0n) is 23.2. The Bertz CT molecular complexity index is 1660. The van der Waals surface area contributed by atoms with Crippen LogP contribution in [0.1, 0.15) is 48.5 Å². The monoisotopic (exact) mass is 575 g/mol. The summed E-state index contributed by atoms with van der Waals surface area (Å²) in [6.45, 7) is 5.32. The summed E-state index contributed by atoms with van der Waals surface area (Å²) in [6.07, 6.45) is 11.5. The van der Waals surface area contributed by atoms with Gasteiger partial charge in [0.2, 0.25) is 5.88 Å². The molecule has 41 heavy (non-hydrogen) atoms. The number of aromatic nitrogens is 5. The van der Waals surface area contributed by atoms with Gasteiger partial charge in [-0.25, -0.2) is 23.1 Å². The molecule has 2 saturated heterocycles. The van der Waals surface area contributed by atoms with E-state index >= 15 is 0 Å². The molecule has 0 saturated carbocycles. The first kappa shape index (κ1) is 27.3. The topological polar surface area (TPSA) is 123 Å². The first-order valence-electron chi connectivity index (χ1n) is 13.9. The number of carbonyl (C=O) groups is 1. The molecule has 2 aliphatic rings. The van der Waals surface area contributed by atoms with Crippen LogP contribution >= 0.6 is 0 Å². The summed E-state index contributed by atoms with van der Waals surface area (Å²) in [4.78, 5) is 30.9. The molecule has 6 rings (SSSR count). The molecule has 0 radical (unpaired) electrons. The number of hydrogen-bond acceptors (Lipinski definition) is 9. The predicted molar refractivity (Wildman–Crippen MR) is 153 cm³/mol. The Morgan fingerprint density at radius 3 is 2.51 bits per heavy atom. The van der Waals surface area contributed by atoms with Gasteiger partial charge in [-0.2, -0.15) is 5.10 Å². The fourth-order valence-corrected chi connectivity index (χ4v) is 6.24. The molecule has 0 aliphatic carbocycles. The predicted octanol–water partition coefficient (Wildman–Crippen LogP) is 3.28. The van der Waals surface area contributed by atoms with Gasteiger partial charge >= 0.3 is 0 Å². The maximum atomic E-state index is 13.3. The summed E-state index contributed by atoms with van der Waals surface area (Å²) in [5.74, 6) is 0.437. The van der Waals surface area contributed by atoms with Gasteiger partial charge in [0, 0.05) is 57.2 Å². The molecule has 0 N–H and O–H groups in total. The lowest BCUT2D eigenvalue weighted by atomic mass is 10.1. The minimum absolute atomic E-state index is 0.000125. The Hall–Kier alpha value is -3.90. The second-order valence-corrected chi connectivity index (χ2v) is 12.9. The number of sulfone groups is 1. The number of amides is 1. The van der Waals surface area contributed by atoms with Gasteiger partial charge in [-0.15, -0.1) is 0 Å². The van der Waals surface area contributed by atoms with Crippen LogP contribution in [0.2, 0.25) is 0 Å². The van der Waals surface area contributed by atoms with E-state index in [0.717, 1.165) is 18.7 Å². The molecule has 214 valence electrons. The number of nitrogens with zero attached hydrogens (tertiary/aromatic N) is 7. The quantitative estimate of drug-likeness (QED) is 0.327. The number of hydrogen-bond donors (Lipinski definition) is 0. The number of carbonyl (C=O) groups excluding carboxylic acids is 1. The van der Waals surface area contributed by atoms with E-state index in [-0.39, 0.29) is 16.9 Å². The van der Waals surface area contributed by atoms with Gasteiger partial charge in [-0.3, -0.25) is 14.7 Å². The highest BCUT2D eigenvalue weighted by atomic mass is 32.2. The van der Waals surface area contributed by atoms with E-state index in [1.807, 2.05) is 17.2 Å². The highest BCUT2D eigenvalue weighted by Gasteiger charge is 2.27. The van der Waals surface area contributed by atoms with Crippen molar-refractivity contribution in [1.29, 1.82) is 0 Å². The lowest BCUT2D eigenvalue weighted by molar-refractivity contribution is 0.0590. The Balaban J connectivity index is 1.10. The number of likely N-dealkylation sites (tertiary alicyclic amines) is 2. The number of piperidine rings is 1. The second kappa shape index (κ2) is 11.2. The fraction of sp³-hybridized carbons (Fsp3) is 0.414. The molecular weight excluding hydrogens is 542 g/mol. The molecule has 2 fully saturated rings. The molecule has 1 unspecified atom stereocenters. The van der Waals surface area contributed by atoms with Gasteiger partial charge in [0.05, 0.1) is 22.3 Å². The van der Waals surface area contributed by atoms with Crippen molar-refractivity contribution in [1.82, 2.24) is 34.5 Å². The fourth-order valence-electron chi connectivity index (χ4n) is 5.61. The maximum Gasteiger partial charge on any atom is 0.255 e. The number of rotatable bonds is 7. The molecule has 3 aromatic heterocycles. The normalized spacial score (nSPS) is 18.7. The van der Waals surface area contributed by atoms with Crippen LogP contribution < -0.4 is 4.74 Å². The Kier molecular flexibility index (Phi) is 7.43. The molecule has 11 nitrogen and oxygen atoms in total. The first-order valence-corrected chi connectivity index (χ1v) is 15.8. The van der Waals surface area contributed by atoms with Crippen molar-refractivity contribution in [2.75, 3.05) is 25.9 Å². The molecule has 0 spiro atoms. The smallest absolute Gasteiger partial charge is 0.255 e. The summed E-state index contributed by atoms with van der Waals surface area (Å²) >= 11 is 0. The van der Waals surface area contributed by atoms with E-state index < -0.39 is 9.84 Å². The van der Waals surface area contributed by atoms with E-state index in [1.165, 1.54) is 25.4 Å². The number of pyridine rings is 1. The molecule has 1 aromatic carbocycles. The van der Waals surface area contributed by atoms with Gasteiger partial charge in [-0.05, 0) is 62.2 Å². The summed E-state index contributed by atoms with van der Waals surface area (Å²) < 4.78 is 31.5. The van der Waals surface area contributed by atoms with Gasteiger partial charge in [0.25, 0.3) is 5.91 Å². The van der Waals surface area contributed by atoms with Crippen LogP contribution in [0.4, 0.5) is 0 Å². The van der Waals surface area contributed by atoms with E-state index in [0.29, 0.717) is 60.1 Å². The molecule has 1 atom stereocenters. The first-order chi connectivity index (χ1) is 19.8. The summed E-state index contributed by atoms with van der Waals surface area (Å²) in [5, 5.41) is 5.11. The molecule has 12 heteroatoms. The summed E-state index contributed by atoms with van der Waals surface area (Å²) in [5.41, 5.74) is 2.94. The number of benzene rings is 1. The van der Waals surface area contributed by atoms with E-state index in [1.54, 1.807) is 41.3 Å². The largest absolute Gasteiger partial charge is 0.474 e. The molecule has 4 aromatic rings. The summed E-state index contributed by atoms with van der Waals surface area (Å²) in [6, 6.07) is 9.02. The minimum atomic E-state index is -3.29. The average Bonchev–Trinajstić information content (AvgIpc) is 3.59. The zero-order chi connectivity index (χ0) is 28.6. The highest BCUT2D eigenvalue weighted by Crippen LogP contribution is 2.27.